The van der Waals surface area contributed by atoms with Crippen molar-refractivity contribution in [1.29, 1.82) is 5.53 Å². The minimum absolute atomic E-state index is 2.50. The highest BCUT2D eigenvalue weighted by Gasteiger charge is 1.77. The van der Waals surface area contributed by atoms with E-state index in [1.165, 1.54) is 0 Å². The Kier molecular flexibility index (Phi) is 45.9. The molecule has 0 saturated heterocycles. The maximum Gasteiger partial charge on any atom is 0 e. The molecule has 0 atom stereocenters. The van der Waals surface area contributed by atoms with Crippen molar-refractivity contribution in [2.45, 2.75) is 0 Å². The first kappa shape index (κ1) is 58.4. The Morgan fingerprint density at radius 3 is 0.247 bits per heavy atom. The van der Waals surface area contributed by atoms with Crippen LogP contribution < -0.4 is 5.84 Å². The molecule has 0 aliphatic heterocycles. The molecule has 0 radical (unpaired) electrons. The summed E-state index contributed by atoms with van der Waals surface area (Å²) in [5.41, 5.74) is 6.26. The zero-order valence-corrected chi connectivity index (χ0v) is 32.8. The number of nitrogens with zero attached hydrogens (tertiary/aromatic N) is 71. The van der Waals surface area contributed by atoms with Gasteiger partial charge in [0.25, 0.3) is 0 Å². The summed E-state index contributed by atoms with van der Waals surface area (Å²) in [6.45, 7) is 0. The standard InChI is InChI=1S/H3N73/c1-3-5-7-9-11-13-15-17-19-21-23-25-27-29-31-33-35-37-39-41-43-45-47-49-51-53-55-57-59-61-63-65-67-69-71-73-72-70-68-66-64-62-60-58-56-54-52-50-48-46-44-42-40-38-36-34-32-30-28-26-24-22-20-18-16-14-12-10-8-6-4-2/h(H3,1,2,5,6,9,10,13,14,17,18,21,22,25,26,29,30,33,34,37,38,41,42,45,46,49,50,53,54,57,58,61,62,65,66,69,70,73). The average Bonchev–Trinajstić information content (AvgIpc) is 3.40. The molecule has 0 rings (SSSR count). The van der Waals surface area contributed by atoms with Crippen LogP contribution in [0.15, 0.2) is 371 Å². The third-order valence-electron chi connectivity index (χ3n) is 2.82. The van der Waals surface area contributed by atoms with E-state index in [-0.39, 0.29) is 0 Å². The fraction of sp³-hybridized carbons (Fsp3) is 0. The molecule has 73 heteroatoms. The van der Waals surface area contributed by atoms with E-state index in [1.807, 2.05) is 0 Å². The van der Waals surface area contributed by atoms with Crippen LogP contribution in [0.4, 0.5) is 0 Å². The minimum atomic E-state index is 2.50. The number of nitrogens with one attached hydrogen (secondary N) is 1. The smallest absolute Gasteiger partial charge is 0 e. The first-order valence-corrected chi connectivity index (χ1v) is 14.5. The molecule has 0 saturated carbocycles. The Balaban J connectivity index is 4.10. The lowest BCUT2D eigenvalue weighted by molar-refractivity contribution is 0.723. The maximum absolute atomic E-state index is 6.26. The normalized spacial score (nSPS) is 15.5. The maximum atomic E-state index is 6.26. The number of rotatable bonds is 35. The van der Waals surface area contributed by atoms with Gasteiger partial charge < -0.3 is 5.84 Å². The molecule has 0 bridgehead atoms. The van der Waals surface area contributed by atoms with Crippen LogP contribution in [0.3, 0.4) is 0 Å². The second-order valence-corrected chi connectivity index (χ2v) is 6.39. The molecule has 368 valence electrons. The molecule has 73 nitrogen and oxygen atoms in total. The van der Waals surface area contributed by atoms with Crippen molar-refractivity contribution in [3.8, 4) is 0 Å². The van der Waals surface area contributed by atoms with Gasteiger partial charge in [-0.05, 0) is 78.3 Å². The Hall–Kier alpha value is -14.6. The van der Waals surface area contributed by atoms with Gasteiger partial charge in [0.1, 0.15) is 0 Å². The van der Waals surface area contributed by atoms with Crippen molar-refractivity contribution in [3.05, 3.63) is 0 Å². The molecule has 3 N–H and O–H groups in total. The molecule has 0 aromatic carbocycles. The minimum Gasteiger partial charge on any atom is -0.303 e. The summed E-state index contributed by atoms with van der Waals surface area (Å²) in [5, 5.41) is 211. The van der Waals surface area contributed by atoms with Gasteiger partial charge in [0, 0.05) is 287 Å². The quantitative estimate of drug-likeness (QED) is 0.0349. The Morgan fingerprint density at radius 1 is 0.110 bits per heavy atom. The third-order valence-corrected chi connectivity index (χ3v) is 2.82. The molecular weight excluding hydrogens is 1020 g/mol. The number of nitrogens with two attached hydrogens (primary N) is 1. The molecule has 0 spiro atoms. The second kappa shape index (κ2) is 57.4. The van der Waals surface area contributed by atoms with Gasteiger partial charge in [-0.2, -0.15) is 5.53 Å². The van der Waals surface area contributed by atoms with Gasteiger partial charge >= 0.3 is 0 Å². The highest BCUT2D eigenvalue weighted by atomic mass is 15.8. The van der Waals surface area contributed by atoms with Gasteiger partial charge in [-0.1, -0.05) is 5.22 Å². The fourth-order valence-corrected chi connectivity index (χ4v) is 1.24. The molecule has 0 aliphatic rings. The van der Waals surface area contributed by atoms with Crippen LogP contribution >= 0.6 is 0 Å². The first-order chi connectivity index (χ1) is 36.4. The van der Waals surface area contributed by atoms with Gasteiger partial charge in [-0.15, -0.1) is 0 Å². The second-order valence-electron chi connectivity index (χ2n) is 6.39. The Bertz CT molecular complexity index is 2520. The monoisotopic (exact) mass is 1030 g/mol. The SMILES string of the molecule is N=N/N=N/N=N/N=N/N=N/N=N/N=N/N=N/N=N/N=N/N=N/N=N/N=N/N=N/N=N/N=N/N=N/N=N/N=N/N=N/N=N/N=N/N=N/N=N/N=N/N=N/N=N/N=N/N=N/N=N/N=N/N=N/N=N/N=N/N=N/N=N/N. The van der Waals surface area contributed by atoms with Crippen molar-refractivity contribution in [3.63, 3.8) is 0 Å². The van der Waals surface area contributed by atoms with E-state index in [0.717, 1.165) is 0 Å². The van der Waals surface area contributed by atoms with Crippen molar-refractivity contribution in [2.24, 2.45) is 377 Å². The Labute approximate surface area is 383 Å². The van der Waals surface area contributed by atoms with Crippen molar-refractivity contribution < 1.29 is 0 Å². The van der Waals surface area contributed by atoms with Gasteiger partial charge in [0.15, 0.2) is 0 Å². The molecule has 0 aromatic rings. The van der Waals surface area contributed by atoms with E-state index in [2.05, 4.69) is 377 Å². The van der Waals surface area contributed by atoms with Gasteiger partial charge in [0.05, 0.1) is 0 Å². The molecular formula is H3N73. The molecule has 73 heavy (non-hydrogen) atoms. The Morgan fingerprint density at radius 2 is 0.178 bits per heavy atom. The summed E-state index contributed by atoms with van der Waals surface area (Å²) in [4.78, 5) is 0. The van der Waals surface area contributed by atoms with E-state index in [9.17, 15) is 0 Å². The van der Waals surface area contributed by atoms with Gasteiger partial charge in [0.2, 0.25) is 0 Å². The third kappa shape index (κ3) is 57.4. The lowest BCUT2D eigenvalue weighted by Gasteiger charge is -1.70. The predicted molar refractivity (Wildman–Crippen MR) is 179 cm³/mol. The van der Waals surface area contributed by atoms with Gasteiger partial charge in [-0.25, -0.2) is 0 Å². The molecule has 0 amide bonds. The lowest BCUT2D eigenvalue weighted by atomic mass is 12.3. The highest BCUT2D eigenvalue weighted by molar-refractivity contribution is 4.20. The first-order valence-electron chi connectivity index (χ1n) is 14.5. The van der Waals surface area contributed by atoms with Crippen LogP contribution in [-0.4, -0.2) is 0 Å². The average molecular weight is 1030 g/mol. The van der Waals surface area contributed by atoms with Crippen LogP contribution in [0.5, 0.6) is 0 Å². The molecule has 0 heterocycles. The van der Waals surface area contributed by atoms with Gasteiger partial charge in [-0.3, -0.25) is 0 Å². The van der Waals surface area contributed by atoms with E-state index < -0.39 is 0 Å². The van der Waals surface area contributed by atoms with Crippen LogP contribution in [0.1, 0.15) is 0 Å². The highest BCUT2D eigenvalue weighted by Crippen LogP contribution is 1.95. The molecule has 0 aromatic heterocycles. The topological polar surface area (TPSA) is 927 Å². The molecule has 0 aliphatic carbocycles. The molecule has 0 fully saturated rings. The number of hydrogen-bond donors (Lipinski definition) is 2. The van der Waals surface area contributed by atoms with Crippen molar-refractivity contribution >= 4 is 0 Å². The zero-order chi connectivity index (χ0) is 52.2. The summed E-state index contributed by atoms with van der Waals surface area (Å²) in [7, 11) is 0. The summed E-state index contributed by atoms with van der Waals surface area (Å²) in [6, 6.07) is 0. The summed E-state index contributed by atoms with van der Waals surface area (Å²) in [6.07, 6.45) is 0. The van der Waals surface area contributed by atoms with Crippen LogP contribution in [0.2, 0.25) is 0 Å². The van der Waals surface area contributed by atoms with E-state index in [0.29, 0.717) is 0 Å². The number of hydrogen-bond acceptors (Lipinski definition) is 2. The van der Waals surface area contributed by atoms with E-state index >= 15 is 0 Å². The van der Waals surface area contributed by atoms with Crippen LogP contribution in [0, 0.1) is 5.53 Å². The predicted octanol–water partition coefficient (Wildman–Crippen LogP) is 12.7. The van der Waals surface area contributed by atoms with Crippen LogP contribution in [-0.2, 0) is 0 Å². The fourth-order valence-electron chi connectivity index (χ4n) is 1.24. The summed E-state index contributed by atoms with van der Waals surface area (Å²) >= 11 is 0. The summed E-state index contributed by atoms with van der Waals surface area (Å²) in [5.74, 6) is 4.63. The largest absolute Gasteiger partial charge is 0.303 e. The molecule has 0 unspecified atom stereocenters. The van der Waals surface area contributed by atoms with Crippen molar-refractivity contribution in [2.75, 3.05) is 0 Å². The summed E-state index contributed by atoms with van der Waals surface area (Å²) < 4.78 is 0. The lowest BCUT2D eigenvalue weighted by Crippen LogP contribution is -1.70. The van der Waals surface area contributed by atoms with E-state index in [4.69, 9.17) is 5.53 Å². The van der Waals surface area contributed by atoms with Crippen LogP contribution in [0.25, 0.3) is 0 Å². The van der Waals surface area contributed by atoms with E-state index in [1.54, 1.807) is 0 Å². The zero-order valence-electron chi connectivity index (χ0n) is 32.8. The van der Waals surface area contributed by atoms with Crippen molar-refractivity contribution in [1.82, 2.24) is 0 Å².